The van der Waals surface area contributed by atoms with Gasteiger partial charge in [-0.1, -0.05) is 0 Å². The predicted molar refractivity (Wildman–Crippen MR) is 25.6 cm³/mol. The maximum absolute atomic E-state index is 0. The number of hydrogen-bond donors (Lipinski definition) is 0. The Morgan fingerprint density at radius 2 is 1.00 bits per heavy atom. The van der Waals surface area contributed by atoms with Gasteiger partial charge in [-0.15, -0.1) is 0 Å². The van der Waals surface area contributed by atoms with E-state index in [2.05, 4.69) is 0 Å². The van der Waals surface area contributed by atoms with Gasteiger partial charge in [-0.25, -0.2) is 0 Å². The summed E-state index contributed by atoms with van der Waals surface area (Å²) in [5.74, 6) is 0. The van der Waals surface area contributed by atoms with Crippen molar-refractivity contribution in [2.45, 2.75) is 0 Å². The van der Waals surface area contributed by atoms with Crippen LogP contribution in [0.2, 0.25) is 0 Å². The fourth-order valence-corrected chi connectivity index (χ4v) is 0. The Bertz CT molecular complexity index is 8.00. The van der Waals surface area contributed by atoms with Crippen LogP contribution in [0.3, 0.4) is 0 Å². The summed E-state index contributed by atoms with van der Waals surface area (Å²) in [6.45, 7) is 0. The molecule has 0 aromatic carbocycles. The Kier molecular flexibility index (Phi) is 110. The van der Waals surface area contributed by atoms with Crippen molar-refractivity contribution in [3.05, 3.63) is 0 Å². The van der Waals surface area contributed by atoms with Gasteiger partial charge < -0.3 is 0 Å². The third kappa shape index (κ3) is 8.96. The normalized spacial score (nSPS) is 0. The van der Waals surface area contributed by atoms with E-state index in [-0.39, 0.29) is 96.3 Å². The molecule has 0 amide bonds. The summed E-state index contributed by atoms with van der Waals surface area (Å²) >= 11 is 0. The summed E-state index contributed by atoms with van der Waals surface area (Å²) in [7, 11) is 0. The molecule has 0 rings (SSSR count). The van der Waals surface area contributed by atoms with Gasteiger partial charge in [0.1, 0.15) is 0 Å². The zero-order chi connectivity index (χ0) is 0. The number of hydrogen-bond acceptors (Lipinski definition) is 0. The molecule has 0 N–H and O–H groups in total. The monoisotopic (exact) mass is 479 g/mol. The van der Waals surface area contributed by atoms with Gasteiger partial charge in [0.2, 0.25) is 0 Å². The summed E-state index contributed by atoms with van der Waals surface area (Å²) in [4.78, 5) is 0. The van der Waals surface area contributed by atoms with Crippen LogP contribution in [0.25, 0.3) is 0 Å². The molecule has 3 radical (unpaired) electrons. The fourth-order valence-electron chi connectivity index (χ4n) is 0. The first-order chi connectivity index (χ1) is 0. The van der Waals surface area contributed by atoms with Crippen LogP contribution in [-0.2, 0) is 22.4 Å². The zero-order valence-corrected chi connectivity index (χ0v) is 8.66. The number of rotatable bonds is 0. The molecule has 0 aromatic heterocycles. The van der Waals surface area contributed by atoms with Gasteiger partial charge in [0, 0.05) is 22.4 Å². The van der Waals surface area contributed by atoms with Gasteiger partial charge in [-0.05, 0) is 0 Å². The molecule has 0 fully saturated rings. The van der Waals surface area contributed by atoms with Crippen molar-refractivity contribution in [2.24, 2.45) is 0 Å². The standard InChI is InChI=1S/Ag.In.Sb.HTe.5H/h;;;1H;;;;;. The van der Waals surface area contributed by atoms with E-state index in [1.165, 1.54) is 0 Å². The summed E-state index contributed by atoms with van der Waals surface area (Å²) < 4.78 is 0. The minimum atomic E-state index is 0. The van der Waals surface area contributed by atoms with Crippen molar-refractivity contribution in [1.82, 2.24) is 0 Å². The van der Waals surface area contributed by atoms with Crippen LogP contribution in [0.1, 0.15) is 0 Å². The molecule has 4 heavy (non-hydrogen) atoms. The van der Waals surface area contributed by atoms with E-state index in [9.17, 15) is 0 Å². The molecule has 0 aromatic rings. The van der Waals surface area contributed by atoms with Crippen LogP contribution < -0.4 is 0 Å². The Balaban J connectivity index is 0. The summed E-state index contributed by atoms with van der Waals surface area (Å²) in [5.41, 5.74) is 0. The van der Waals surface area contributed by atoms with Crippen LogP contribution in [0.15, 0.2) is 0 Å². The SMILES string of the molecule is [Ag].[InH3].[SbH2].[TeH]. The van der Waals surface area contributed by atoms with E-state index >= 15 is 0 Å². The fraction of sp³-hybridized carbons (Fsp3) is 0. The zero-order valence-electron chi connectivity index (χ0n) is 1.33. The topological polar surface area (TPSA) is 0 Å². The second-order valence-corrected chi connectivity index (χ2v) is 0. The molecule has 4 heteroatoms. The second kappa shape index (κ2) is 16.3. The molecule has 0 aliphatic carbocycles. The Morgan fingerprint density at radius 1 is 1.00 bits per heavy atom. The van der Waals surface area contributed by atoms with Crippen LogP contribution in [0.4, 0.5) is 0 Å². The third-order valence-corrected chi connectivity index (χ3v) is 0. The summed E-state index contributed by atoms with van der Waals surface area (Å²) in [6, 6.07) is 0. The van der Waals surface area contributed by atoms with E-state index in [0.717, 1.165) is 0 Å². The Labute approximate surface area is 94.3 Å². The molecule has 0 unspecified atom stereocenters. The van der Waals surface area contributed by atoms with Gasteiger partial charge in [0.05, 0.1) is 0 Å². The van der Waals surface area contributed by atoms with Crippen molar-refractivity contribution in [2.75, 3.05) is 0 Å². The van der Waals surface area contributed by atoms with Gasteiger partial charge in [-0.2, -0.15) is 0 Å². The van der Waals surface area contributed by atoms with Gasteiger partial charge in [-0.3, -0.25) is 0 Å². The molecule has 0 heterocycles. The van der Waals surface area contributed by atoms with Crippen molar-refractivity contribution >= 4 is 73.9 Å². The molecule has 0 saturated heterocycles. The maximum atomic E-state index is 0. The Morgan fingerprint density at radius 3 is 1.00 bits per heavy atom. The van der Waals surface area contributed by atoms with Crippen molar-refractivity contribution < 1.29 is 22.4 Å². The molecule has 31 valence electrons. The van der Waals surface area contributed by atoms with E-state index in [1.807, 2.05) is 0 Å². The first-order valence-corrected chi connectivity index (χ1v) is 0. The van der Waals surface area contributed by atoms with Crippen molar-refractivity contribution in [3.8, 4) is 0 Å². The molecule has 0 saturated carbocycles. The first kappa shape index (κ1) is 26.9. The van der Waals surface area contributed by atoms with Crippen LogP contribution in [-0.4, -0.2) is 73.9 Å². The third-order valence-electron chi connectivity index (χ3n) is 0. The summed E-state index contributed by atoms with van der Waals surface area (Å²) in [6.07, 6.45) is 0. The second-order valence-electron chi connectivity index (χ2n) is 0. The van der Waals surface area contributed by atoms with Gasteiger partial charge in [0.15, 0.2) is 0 Å². The van der Waals surface area contributed by atoms with E-state index < -0.39 is 0 Å². The molecule has 0 spiro atoms. The van der Waals surface area contributed by atoms with Crippen molar-refractivity contribution in [3.63, 3.8) is 0 Å². The molecule has 0 nitrogen and oxygen atoms in total. The molecular formula is H6AgInSbTe. The van der Waals surface area contributed by atoms with Crippen LogP contribution in [0, 0.1) is 0 Å². The van der Waals surface area contributed by atoms with Crippen LogP contribution in [0.5, 0.6) is 0 Å². The average Bonchev–Trinajstić information content (AvgIpc) is 0. The minimum absolute atomic E-state index is 0. The Hall–Kier alpha value is 3.22. The van der Waals surface area contributed by atoms with E-state index in [4.69, 9.17) is 0 Å². The quantitative estimate of drug-likeness (QED) is 0.332. The van der Waals surface area contributed by atoms with E-state index in [0.29, 0.717) is 0 Å². The molecule has 0 aliphatic heterocycles. The average molecular weight is 478 g/mol. The molecule has 0 atom stereocenters. The molecule has 0 bridgehead atoms. The molecule has 0 aliphatic rings. The van der Waals surface area contributed by atoms with E-state index in [1.54, 1.807) is 0 Å². The van der Waals surface area contributed by atoms with Gasteiger partial charge >= 0.3 is 73.9 Å². The predicted octanol–water partition coefficient (Wildman–Crippen LogP) is -2.75. The first-order valence-electron chi connectivity index (χ1n) is 0. The van der Waals surface area contributed by atoms with Crippen LogP contribution >= 0.6 is 0 Å². The van der Waals surface area contributed by atoms with Crippen molar-refractivity contribution in [1.29, 1.82) is 0 Å². The summed E-state index contributed by atoms with van der Waals surface area (Å²) in [5, 5.41) is 0. The molecular weight excluding hydrogens is 472 g/mol. The van der Waals surface area contributed by atoms with Gasteiger partial charge in [0.25, 0.3) is 0 Å².